The molecule has 2 aliphatic heterocycles. The van der Waals surface area contributed by atoms with Crippen LogP contribution in [0.2, 0.25) is 0 Å². The topological polar surface area (TPSA) is 70.6 Å². The lowest BCUT2D eigenvalue weighted by atomic mass is 10.1. The number of amides is 3. The third-order valence-electron chi connectivity index (χ3n) is 5.50. The maximum Gasteiger partial charge on any atom is 0.268 e. The molecule has 1 fully saturated rings. The molecule has 0 spiro atoms. The third-order valence-corrected chi connectivity index (χ3v) is 6.51. The van der Waals surface area contributed by atoms with Gasteiger partial charge in [-0.05, 0) is 43.2 Å². The first-order valence-electron chi connectivity index (χ1n) is 9.81. The van der Waals surface area contributed by atoms with Crippen molar-refractivity contribution in [3.8, 4) is 0 Å². The third kappa shape index (κ3) is 3.02. The average molecular weight is 405 g/mol. The fourth-order valence-electron chi connectivity index (χ4n) is 3.96. The van der Waals surface area contributed by atoms with E-state index in [1.54, 1.807) is 36.4 Å². The quantitative estimate of drug-likeness (QED) is 0.602. The predicted molar refractivity (Wildman–Crippen MR) is 112 cm³/mol. The molecular formula is C22H19N3O3S. The fraction of sp³-hybridized carbons (Fsp3) is 0.273. The highest BCUT2D eigenvalue weighted by Gasteiger charge is 2.38. The molecule has 2 aliphatic rings. The van der Waals surface area contributed by atoms with E-state index in [2.05, 4.69) is 4.98 Å². The van der Waals surface area contributed by atoms with Gasteiger partial charge in [0.15, 0.2) is 0 Å². The Morgan fingerprint density at radius 1 is 0.897 bits per heavy atom. The minimum Gasteiger partial charge on any atom is -0.339 e. The second kappa shape index (κ2) is 7.08. The van der Waals surface area contributed by atoms with Crippen molar-refractivity contribution in [2.75, 3.05) is 18.0 Å². The number of anilines is 1. The van der Waals surface area contributed by atoms with Crippen molar-refractivity contribution in [1.29, 1.82) is 0 Å². The van der Waals surface area contributed by atoms with Crippen LogP contribution in [-0.2, 0) is 0 Å². The van der Waals surface area contributed by atoms with Gasteiger partial charge in [-0.1, -0.05) is 36.3 Å². The van der Waals surface area contributed by atoms with Crippen LogP contribution in [0.5, 0.6) is 0 Å². The van der Waals surface area contributed by atoms with Crippen molar-refractivity contribution in [2.24, 2.45) is 0 Å². The molecule has 0 aliphatic carbocycles. The molecule has 0 N–H and O–H groups in total. The molecule has 29 heavy (non-hydrogen) atoms. The van der Waals surface area contributed by atoms with Crippen molar-refractivity contribution in [2.45, 2.75) is 25.7 Å². The first-order chi connectivity index (χ1) is 14.1. The summed E-state index contributed by atoms with van der Waals surface area (Å²) in [5.41, 5.74) is 2.09. The second-order valence-corrected chi connectivity index (χ2v) is 8.39. The van der Waals surface area contributed by atoms with Crippen LogP contribution in [0.4, 0.5) is 5.13 Å². The van der Waals surface area contributed by atoms with Gasteiger partial charge >= 0.3 is 0 Å². The number of fused-ring (bicyclic) bond motifs is 2. The van der Waals surface area contributed by atoms with Gasteiger partial charge in [0.2, 0.25) is 5.13 Å². The molecule has 146 valence electrons. The summed E-state index contributed by atoms with van der Waals surface area (Å²) in [5.74, 6) is -0.680. The maximum absolute atomic E-state index is 12.9. The highest BCUT2D eigenvalue weighted by molar-refractivity contribution is 7.22. The molecule has 0 radical (unpaired) electrons. The van der Waals surface area contributed by atoms with Crippen LogP contribution in [-0.4, -0.2) is 40.7 Å². The Kier molecular flexibility index (Phi) is 4.39. The molecule has 0 atom stereocenters. The average Bonchev–Trinajstić information content (AvgIpc) is 3.11. The van der Waals surface area contributed by atoms with Crippen molar-refractivity contribution in [1.82, 2.24) is 9.88 Å². The Morgan fingerprint density at radius 3 is 2.21 bits per heavy atom. The summed E-state index contributed by atoms with van der Waals surface area (Å²) in [4.78, 5) is 45.9. The highest BCUT2D eigenvalue weighted by atomic mass is 32.1. The molecule has 1 aromatic heterocycles. The fourth-order valence-corrected chi connectivity index (χ4v) is 4.96. The lowest BCUT2D eigenvalue weighted by Gasteiger charge is -2.20. The minimum absolute atomic E-state index is 0.0319. The number of nitrogens with zero attached hydrogens (tertiary/aromatic N) is 3. The maximum atomic E-state index is 12.9. The van der Waals surface area contributed by atoms with E-state index in [9.17, 15) is 14.4 Å². The summed E-state index contributed by atoms with van der Waals surface area (Å²) >= 11 is 1.26. The van der Waals surface area contributed by atoms with Crippen molar-refractivity contribution < 1.29 is 14.4 Å². The van der Waals surface area contributed by atoms with E-state index in [1.165, 1.54) is 24.2 Å². The Bertz CT molecular complexity index is 1110. The number of hydrogen-bond acceptors (Lipinski definition) is 5. The second-order valence-electron chi connectivity index (χ2n) is 7.38. The van der Waals surface area contributed by atoms with Crippen molar-refractivity contribution in [3.05, 3.63) is 59.2 Å². The van der Waals surface area contributed by atoms with Gasteiger partial charge in [0.05, 0.1) is 21.3 Å². The number of hydrogen-bond donors (Lipinski definition) is 0. The zero-order valence-corrected chi connectivity index (χ0v) is 16.6. The van der Waals surface area contributed by atoms with Gasteiger partial charge in [-0.25, -0.2) is 9.88 Å². The molecule has 0 saturated carbocycles. The standard InChI is InChI=1S/C22H19N3O3S/c26-19(24-11-5-1-2-6-12-24)14-9-10-17-18(13-14)29-22(23-17)25-20(27)15-7-3-4-8-16(15)21(25)28/h3-4,7-10,13H,1-2,5-6,11-12H2. The molecule has 0 unspecified atom stereocenters. The number of carbonyl (C=O) groups excluding carboxylic acids is 3. The molecule has 2 aromatic carbocycles. The van der Waals surface area contributed by atoms with Gasteiger partial charge in [-0.2, -0.15) is 0 Å². The summed E-state index contributed by atoms with van der Waals surface area (Å²) in [6.45, 7) is 1.58. The summed E-state index contributed by atoms with van der Waals surface area (Å²) in [5, 5.41) is 0.338. The zero-order valence-electron chi connectivity index (χ0n) is 15.8. The van der Waals surface area contributed by atoms with Crippen LogP contribution in [0.15, 0.2) is 42.5 Å². The molecule has 3 aromatic rings. The summed E-state index contributed by atoms with van der Waals surface area (Å²) in [6.07, 6.45) is 4.42. The number of rotatable bonds is 2. The van der Waals surface area contributed by atoms with Crippen LogP contribution in [0.25, 0.3) is 10.2 Å². The van der Waals surface area contributed by atoms with E-state index >= 15 is 0 Å². The summed E-state index contributed by atoms with van der Waals surface area (Å²) < 4.78 is 0.789. The number of likely N-dealkylation sites (tertiary alicyclic amines) is 1. The Morgan fingerprint density at radius 2 is 1.55 bits per heavy atom. The lowest BCUT2D eigenvalue weighted by molar-refractivity contribution is 0.0761. The Hall–Kier alpha value is -3.06. The normalized spacial score (nSPS) is 17.0. The number of carbonyl (C=O) groups is 3. The SMILES string of the molecule is O=C(c1ccc2nc(N3C(=O)c4ccccc4C3=O)sc2c1)N1CCCCCC1. The first kappa shape index (κ1) is 18.0. The van der Waals surface area contributed by atoms with Crippen LogP contribution >= 0.6 is 11.3 Å². The van der Waals surface area contributed by atoms with Crippen LogP contribution in [0.3, 0.4) is 0 Å². The van der Waals surface area contributed by atoms with Crippen LogP contribution in [0, 0.1) is 0 Å². The largest absolute Gasteiger partial charge is 0.339 e. The molecule has 0 bridgehead atoms. The molecule has 7 heteroatoms. The molecule has 3 amide bonds. The molecule has 5 rings (SSSR count). The highest BCUT2D eigenvalue weighted by Crippen LogP contribution is 2.34. The molecule has 1 saturated heterocycles. The van der Waals surface area contributed by atoms with E-state index in [4.69, 9.17) is 0 Å². The van der Waals surface area contributed by atoms with Gasteiger partial charge in [-0.15, -0.1) is 0 Å². The lowest BCUT2D eigenvalue weighted by Crippen LogP contribution is -2.31. The Labute approximate surface area is 171 Å². The number of aromatic nitrogens is 1. The monoisotopic (exact) mass is 405 g/mol. The van der Waals surface area contributed by atoms with E-state index in [1.807, 2.05) is 11.0 Å². The zero-order chi connectivity index (χ0) is 20.0. The van der Waals surface area contributed by atoms with Gasteiger partial charge in [0.1, 0.15) is 0 Å². The van der Waals surface area contributed by atoms with Crippen molar-refractivity contribution in [3.63, 3.8) is 0 Å². The minimum atomic E-state index is -0.356. The smallest absolute Gasteiger partial charge is 0.268 e. The first-order valence-corrected chi connectivity index (χ1v) is 10.6. The van der Waals surface area contributed by atoms with E-state index in [0.29, 0.717) is 27.3 Å². The van der Waals surface area contributed by atoms with E-state index in [0.717, 1.165) is 35.5 Å². The Balaban J connectivity index is 1.47. The van der Waals surface area contributed by atoms with Gasteiger partial charge in [-0.3, -0.25) is 14.4 Å². The molecule has 3 heterocycles. The number of thiazole rings is 1. The van der Waals surface area contributed by atoms with Gasteiger partial charge in [0, 0.05) is 18.7 Å². The van der Waals surface area contributed by atoms with Crippen molar-refractivity contribution >= 4 is 44.4 Å². The van der Waals surface area contributed by atoms with E-state index < -0.39 is 0 Å². The van der Waals surface area contributed by atoms with Gasteiger partial charge in [0.25, 0.3) is 17.7 Å². The van der Waals surface area contributed by atoms with E-state index in [-0.39, 0.29) is 17.7 Å². The van der Waals surface area contributed by atoms with Gasteiger partial charge < -0.3 is 4.90 Å². The number of imide groups is 1. The number of benzene rings is 2. The summed E-state index contributed by atoms with van der Waals surface area (Å²) in [7, 11) is 0. The predicted octanol–water partition coefficient (Wildman–Crippen LogP) is 4.11. The molecule has 6 nitrogen and oxygen atoms in total. The summed E-state index contributed by atoms with van der Waals surface area (Å²) in [6, 6.07) is 12.2. The van der Waals surface area contributed by atoms with Crippen LogP contribution in [0.1, 0.15) is 56.8 Å². The molecular weight excluding hydrogens is 386 g/mol. The van der Waals surface area contributed by atoms with Crippen LogP contribution < -0.4 is 4.90 Å².